The van der Waals surface area contributed by atoms with E-state index in [-0.39, 0.29) is 11.6 Å². The molecule has 2 nitrogen and oxygen atoms in total. The number of nitrogens with zero attached hydrogens (tertiary/aromatic N) is 2. The summed E-state index contributed by atoms with van der Waals surface area (Å²) in [6.07, 6.45) is 0. The number of anilines is 6. The molecule has 4 heteroatoms. The Bertz CT molecular complexity index is 5420. The highest BCUT2D eigenvalue weighted by Gasteiger charge is 2.54. The molecule has 0 aliphatic heterocycles. The molecular weight excluding hydrogens is 1150 g/mol. The molecule has 16 aromatic carbocycles. The van der Waals surface area contributed by atoms with Crippen molar-refractivity contribution in [1.82, 2.24) is 0 Å². The van der Waals surface area contributed by atoms with E-state index in [1.54, 1.807) is 12.1 Å². The predicted octanol–water partition coefficient (Wildman–Crippen LogP) is 23.8. The fourth-order valence-corrected chi connectivity index (χ4v) is 17.6. The van der Waals surface area contributed by atoms with E-state index in [4.69, 9.17) is 0 Å². The lowest BCUT2D eigenvalue weighted by atomic mass is 9.70. The average Bonchev–Trinajstić information content (AvgIpc) is 1.52. The minimum atomic E-state index is -0.594. The Morgan fingerprint density at radius 2 is 0.532 bits per heavy atom. The first-order chi connectivity index (χ1) is 46.5. The van der Waals surface area contributed by atoms with Gasteiger partial charge in [-0.1, -0.05) is 267 Å². The van der Waals surface area contributed by atoms with Crippen LogP contribution in [0.25, 0.3) is 99.1 Å². The Hall–Kier alpha value is -12.0. The zero-order valence-electron chi connectivity index (χ0n) is 50.8. The topological polar surface area (TPSA) is 6.48 Å². The fraction of sp³-hybridized carbons (Fsp3) is 0.0222. The summed E-state index contributed by atoms with van der Waals surface area (Å²) in [6, 6.07) is 116. The smallest absolute Gasteiger partial charge is 0.131 e. The second-order valence-corrected chi connectivity index (χ2v) is 25.5. The molecule has 0 heterocycles. The minimum Gasteiger partial charge on any atom is -0.309 e. The molecule has 438 valence electrons. The van der Waals surface area contributed by atoms with Crippen LogP contribution in [0, 0.1) is 11.6 Å². The van der Waals surface area contributed by atoms with Crippen LogP contribution < -0.4 is 9.80 Å². The van der Waals surface area contributed by atoms with Gasteiger partial charge in [-0.15, -0.1) is 0 Å². The third-order valence-electron chi connectivity index (χ3n) is 21.2. The van der Waals surface area contributed by atoms with Crippen molar-refractivity contribution >= 4 is 66.4 Å². The lowest BCUT2D eigenvalue weighted by Crippen LogP contribution is -2.26. The van der Waals surface area contributed by atoms with Crippen LogP contribution in [0.5, 0.6) is 0 Å². The zero-order chi connectivity index (χ0) is 62.0. The molecule has 0 saturated carbocycles. The second kappa shape index (κ2) is 19.8. The first-order valence-electron chi connectivity index (χ1n) is 32.4. The van der Waals surface area contributed by atoms with Crippen LogP contribution in [0.2, 0.25) is 0 Å². The van der Waals surface area contributed by atoms with Gasteiger partial charge in [0.25, 0.3) is 0 Å². The Kier molecular flexibility index (Phi) is 11.1. The van der Waals surface area contributed by atoms with Gasteiger partial charge in [0.2, 0.25) is 0 Å². The van der Waals surface area contributed by atoms with Gasteiger partial charge in [0.1, 0.15) is 11.6 Å². The largest absolute Gasteiger partial charge is 0.309 e. The molecule has 20 rings (SSSR count). The van der Waals surface area contributed by atoms with E-state index in [1.807, 2.05) is 84.9 Å². The van der Waals surface area contributed by atoms with Gasteiger partial charge >= 0.3 is 0 Å². The van der Waals surface area contributed by atoms with Crippen molar-refractivity contribution in [2.75, 3.05) is 9.80 Å². The molecule has 0 radical (unpaired) electrons. The number of halogens is 2. The monoisotopic (exact) mass is 1200 g/mol. The predicted molar refractivity (Wildman–Crippen MR) is 383 cm³/mol. The molecule has 0 bridgehead atoms. The van der Waals surface area contributed by atoms with E-state index in [1.165, 1.54) is 66.8 Å². The minimum absolute atomic E-state index is 0.290. The van der Waals surface area contributed by atoms with Crippen LogP contribution in [0.3, 0.4) is 0 Å². The lowest BCUT2D eigenvalue weighted by molar-refractivity contribution is 0.631. The van der Waals surface area contributed by atoms with E-state index >= 15 is 8.78 Å². The molecule has 0 atom stereocenters. The van der Waals surface area contributed by atoms with Crippen LogP contribution in [0.1, 0.15) is 44.5 Å². The quantitative estimate of drug-likeness (QED) is 0.140. The van der Waals surface area contributed by atoms with E-state index in [0.29, 0.717) is 11.1 Å². The summed E-state index contributed by atoms with van der Waals surface area (Å²) in [4.78, 5) is 4.80. The van der Waals surface area contributed by atoms with Gasteiger partial charge in [-0.2, -0.15) is 0 Å². The van der Waals surface area contributed by atoms with Gasteiger partial charge in [-0.3, -0.25) is 0 Å². The summed E-state index contributed by atoms with van der Waals surface area (Å²) < 4.78 is 33.4. The van der Waals surface area contributed by atoms with Crippen molar-refractivity contribution < 1.29 is 8.78 Å². The Morgan fingerprint density at radius 3 is 0.904 bits per heavy atom. The molecule has 16 aromatic rings. The van der Waals surface area contributed by atoms with E-state index in [2.05, 4.69) is 240 Å². The van der Waals surface area contributed by atoms with Crippen molar-refractivity contribution in [2.24, 2.45) is 0 Å². The van der Waals surface area contributed by atoms with Crippen LogP contribution in [-0.4, -0.2) is 0 Å². The van der Waals surface area contributed by atoms with E-state index in [0.717, 1.165) is 99.8 Å². The number of benzene rings is 16. The summed E-state index contributed by atoms with van der Waals surface area (Å²) >= 11 is 0. The standard InChI is InChI=1S/C90H54F2N2/c91-79-49-45-59(53-69(79)55-21-3-1-4-22-55)93(83-39-19-37-77-87(83)65-29-11-17-35-75(65)89(77)71-31-13-7-25-61(71)62-26-8-14-32-72(62)89)81-51-43-57-42-48-68-82(52-44-58-41-47-67(81)85(57)86(58)68)94(60-46-50-80(92)70(54-60)56-23-5-2-6-24-56)84-40-20-38-78-88(84)66-30-12-18-36-76(66)90(78)73-33-15-9-27-63(73)64-28-10-16-34-74(64)90/h1-54H. The highest BCUT2D eigenvalue weighted by atomic mass is 19.1. The lowest BCUT2D eigenvalue weighted by Gasteiger charge is -2.33. The van der Waals surface area contributed by atoms with Crippen molar-refractivity contribution in [3.05, 3.63) is 384 Å². The Labute approximate surface area is 543 Å². The SMILES string of the molecule is Fc1ccc(N(c2cccc3c2-c2ccccc2C32c3ccccc3-c3ccccc32)c2ccc3ccc4c(N(c5ccc(F)c(-c6ccccc6)c5)c5cccc6c5-c5ccccc5C65c6ccccc6-c6ccccc65)ccc5ccc2c3c54)cc1-c1ccccc1. The molecule has 0 amide bonds. The highest BCUT2D eigenvalue weighted by Crippen LogP contribution is 2.67. The number of hydrogen-bond donors (Lipinski definition) is 0. The number of rotatable bonds is 8. The van der Waals surface area contributed by atoms with Crippen LogP contribution in [0.15, 0.2) is 328 Å². The van der Waals surface area contributed by atoms with Gasteiger partial charge in [0.15, 0.2) is 0 Å². The van der Waals surface area contributed by atoms with E-state index < -0.39 is 10.8 Å². The Morgan fingerprint density at radius 1 is 0.223 bits per heavy atom. The van der Waals surface area contributed by atoms with Gasteiger partial charge < -0.3 is 9.80 Å². The third-order valence-corrected chi connectivity index (χ3v) is 21.2. The molecule has 4 aliphatic rings. The summed E-state index contributed by atoms with van der Waals surface area (Å²) in [5.41, 5.74) is 26.5. The Balaban J connectivity index is 0.856. The maximum atomic E-state index is 16.7. The van der Waals surface area contributed by atoms with Gasteiger partial charge in [-0.25, -0.2) is 8.78 Å². The molecule has 0 fully saturated rings. The summed E-state index contributed by atoms with van der Waals surface area (Å²) in [7, 11) is 0. The number of hydrogen-bond acceptors (Lipinski definition) is 2. The highest BCUT2D eigenvalue weighted by molar-refractivity contribution is 6.28. The van der Waals surface area contributed by atoms with Gasteiger partial charge in [0.05, 0.1) is 33.6 Å². The molecular formula is C90H54F2N2. The van der Waals surface area contributed by atoms with Gasteiger partial charge in [0, 0.05) is 44.4 Å². The molecule has 0 saturated heterocycles. The molecule has 4 aliphatic carbocycles. The van der Waals surface area contributed by atoms with Crippen LogP contribution >= 0.6 is 0 Å². The van der Waals surface area contributed by atoms with E-state index in [9.17, 15) is 0 Å². The molecule has 2 spiro atoms. The summed E-state index contributed by atoms with van der Waals surface area (Å²) in [6.45, 7) is 0. The first kappa shape index (κ1) is 52.8. The molecule has 0 aromatic heterocycles. The maximum absolute atomic E-state index is 16.7. The van der Waals surface area contributed by atoms with Crippen LogP contribution in [-0.2, 0) is 10.8 Å². The first-order valence-corrected chi connectivity index (χ1v) is 32.4. The normalized spacial score (nSPS) is 13.6. The summed E-state index contributed by atoms with van der Waals surface area (Å²) in [5, 5.41) is 6.49. The number of fused-ring (bicyclic) bond motifs is 20. The maximum Gasteiger partial charge on any atom is 0.131 e. The van der Waals surface area contributed by atoms with Crippen molar-refractivity contribution in [2.45, 2.75) is 10.8 Å². The third kappa shape index (κ3) is 6.96. The zero-order valence-corrected chi connectivity index (χ0v) is 50.8. The molecule has 0 N–H and O–H groups in total. The van der Waals surface area contributed by atoms with Crippen molar-refractivity contribution in [1.29, 1.82) is 0 Å². The van der Waals surface area contributed by atoms with Gasteiger partial charge in [-0.05, 0) is 171 Å². The van der Waals surface area contributed by atoms with Crippen molar-refractivity contribution in [3.63, 3.8) is 0 Å². The second-order valence-electron chi connectivity index (χ2n) is 25.5. The fourth-order valence-electron chi connectivity index (χ4n) is 17.6. The van der Waals surface area contributed by atoms with Crippen LogP contribution in [0.4, 0.5) is 42.9 Å². The summed E-state index contributed by atoms with van der Waals surface area (Å²) in [5.74, 6) is -0.580. The molecule has 94 heavy (non-hydrogen) atoms. The van der Waals surface area contributed by atoms with Crippen molar-refractivity contribution in [3.8, 4) is 66.8 Å². The average molecular weight is 1200 g/mol. The molecule has 0 unspecified atom stereocenters.